The Kier molecular flexibility index (Phi) is 6.97. The van der Waals surface area contributed by atoms with Crippen LogP contribution in [0, 0.1) is 11.8 Å². The van der Waals surface area contributed by atoms with Crippen LogP contribution < -0.4 is 0 Å². The average Bonchev–Trinajstić information content (AvgIpc) is 3.26. The summed E-state index contributed by atoms with van der Waals surface area (Å²) >= 11 is 26.7. The topological polar surface area (TPSA) is 80.8 Å². The van der Waals surface area contributed by atoms with Crippen LogP contribution in [0.25, 0.3) is 0 Å². The molecule has 0 radical (unpaired) electrons. The first-order valence-corrected chi connectivity index (χ1v) is 14.7. The first-order chi connectivity index (χ1) is 19.6. The normalized spacial score (nSPS) is 27.1. The molecular weight excluding hydrogens is 608 g/mol. The van der Waals surface area contributed by atoms with Crippen molar-refractivity contribution in [3.05, 3.63) is 106 Å². The van der Waals surface area contributed by atoms with Gasteiger partial charge in [-0.05, 0) is 53.4 Å². The van der Waals surface area contributed by atoms with Gasteiger partial charge in [0.1, 0.15) is 15.8 Å². The second-order valence-electron chi connectivity index (χ2n) is 10.5. The monoisotopic (exact) mass is 629 g/mol. The molecule has 41 heavy (non-hydrogen) atoms. The molecule has 1 fully saturated rings. The van der Waals surface area contributed by atoms with E-state index in [1.807, 2.05) is 48.5 Å². The number of benzene rings is 3. The number of imide groups is 1. The highest BCUT2D eigenvalue weighted by Gasteiger charge is 2.73. The minimum Gasteiger partial charge on any atom is -0.452 e. The zero-order chi connectivity index (χ0) is 29.3. The number of ether oxygens (including phenoxy) is 1. The van der Waals surface area contributed by atoms with Crippen molar-refractivity contribution in [2.45, 2.75) is 35.2 Å². The third-order valence-corrected chi connectivity index (χ3v) is 10.2. The van der Waals surface area contributed by atoms with E-state index in [4.69, 9.17) is 51.1 Å². The second kappa shape index (κ2) is 10.1. The number of amides is 2. The number of hydrogen-bond acceptors (Lipinski definition) is 5. The van der Waals surface area contributed by atoms with E-state index in [0.717, 1.165) is 4.90 Å². The summed E-state index contributed by atoms with van der Waals surface area (Å²) in [7, 11) is 0. The molecule has 4 aliphatic rings. The molecule has 210 valence electrons. The Morgan fingerprint density at radius 1 is 0.829 bits per heavy atom. The minimum absolute atomic E-state index is 0.0365. The summed E-state index contributed by atoms with van der Waals surface area (Å²) in [6, 6.07) is 19.3. The van der Waals surface area contributed by atoms with E-state index in [9.17, 15) is 19.2 Å². The van der Waals surface area contributed by atoms with E-state index in [1.54, 1.807) is 12.1 Å². The number of likely N-dealkylation sites (tertiary alicyclic amines) is 1. The number of nitrogens with zero attached hydrogens (tertiary/aromatic N) is 1. The van der Waals surface area contributed by atoms with Crippen LogP contribution in [0.5, 0.6) is 0 Å². The van der Waals surface area contributed by atoms with E-state index in [0.29, 0.717) is 27.3 Å². The van der Waals surface area contributed by atoms with E-state index in [1.165, 1.54) is 19.1 Å². The lowest BCUT2D eigenvalue weighted by atomic mass is 9.54. The highest BCUT2D eigenvalue weighted by Crippen LogP contribution is 2.69. The summed E-state index contributed by atoms with van der Waals surface area (Å²) in [6.45, 7) is 1.39. The standard InChI is InChI=1S/C31H23Cl4NO5/c1-16(29(40)41-23(14-15-32)26(37)17-10-12-18(33)13-11-17)36-27(38)24-25(28(36)39)31(35)20-7-3-2-6-19(20)30(24,34)21-8-4-5-9-22(21)31/h2-13,16,23-25H,14-15H2,1H3/t16-,23-,24-,25+,30?,31?/m1/s1. The summed E-state index contributed by atoms with van der Waals surface area (Å²) in [5, 5.41) is 0.445. The van der Waals surface area contributed by atoms with E-state index in [-0.39, 0.29) is 17.9 Å². The van der Waals surface area contributed by atoms with Crippen molar-refractivity contribution in [1.82, 2.24) is 4.90 Å². The summed E-state index contributed by atoms with van der Waals surface area (Å²) in [4.78, 5) is 52.9. The van der Waals surface area contributed by atoms with E-state index < -0.39 is 57.3 Å². The molecule has 0 N–H and O–H groups in total. The zero-order valence-electron chi connectivity index (χ0n) is 21.7. The van der Waals surface area contributed by atoms with Crippen molar-refractivity contribution in [3.63, 3.8) is 0 Å². The number of halogens is 4. The van der Waals surface area contributed by atoms with Crippen molar-refractivity contribution in [2.24, 2.45) is 11.8 Å². The van der Waals surface area contributed by atoms with Crippen LogP contribution in [-0.4, -0.2) is 46.5 Å². The van der Waals surface area contributed by atoms with Crippen LogP contribution in [0.4, 0.5) is 0 Å². The molecule has 0 aromatic heterocycles. The fraction of sp³-hybridized carbons (Fsp3) is 0.290. The summed E-state index contributed by atoms with van der Waals surface area (Å²) in [5.74, 6) is -4.70. The van der Waals surface area contributed by atoms with Gasteiger partial charge in [-0.2, -0.15) is 0 Å². The molecule has 2 bridgehead atoms. The molecule has 1 aliphatic heterocycles. The zero-order valence-corrected chi connectivity index (χ0v) is 24.7. The molecule has 1 heterocycles. The Morgan fingerprint density at radius 3 is 1.68 bits per heavy atom. The molecule has 3 aromatic rings. The number of hydrogen-bond donors (Lipinski definition) is 0. The summed E-state index contributed by atoms with van der Waals surface area (Å²) < 4.78 is 5.59. The third kappa shape index (κ3) is 3.91. The van der Waals surface area contributed by atoms with Crippen molar-refractivity contribution in [1.29, 1.82) is 0 Å². The first-order valence-electron chi connectivity index (χ1n) is 13.1. The number of esters is 1. The smallest absolute Gasteiger partial charge is 0.329 e. The van der Waals surface area contributed by atoms with Gasteiger partial charge in [0.25, 0.3) is 0 Å². The van der Waals surface area contributed by atoms with Crippen molar-refractivity contribution >= 4 is 70.0 Å². The van der Waals surface area contributed by atoms with Crippen LogP contribution in [0.3, 0.4) is 0 Å². The van der Waals surface area contributed by atoms with Crippen LogP contribution in [0.2, 0.25) is 5.02 Å². The predicted molar refractivity (Wildman–Crippen MR) is 155 cm³/mol. The Bertz CT molecular complexity index is 1480. The highest BCUT2D eigenvalue weighted by atomic mass is 35.5. The maximum Gasteiger partial charge on any atom is 0.329 e. The van der Waals surface area contributed by atoms with Crippen molar-refractivity contribution in [3.8, 4) is 0 Å². The number of Topliss-reactive ketones (excluding diaryl/α,β-unsaturated/α-hetero) is 1. The minimum atomic E-state index is -1.37. The first kappa shape index (κ1) is 28.2. The predicted octanol–water partition coefficient (Wildman–Crippen LogP) is 6.05. The molecule has 0 saturated carbocycles. The van der Waals surface area contributed by atoms with Crippen LogP contribution >= 0.6 is 46.4 Å². The fourth-order valence-corrected chi connectivity index (χ4v) is 7.98. The lowest BCUT2D eigenvalue weighted by Gasteiger charge is -2.54. The Morgan fingerprint density at radius 2 is 1.27 bits per heavy atom. The Labute approximate surface area is 256 Å². The summed E-state index contributed by atoms with van der Waals surface area (Å²) in [6.07, 6.45) is -1.18. The quantitative estimate of drug-likeness (QED) is 0.138. The van der Waals surface area contributed by atoms with Crippen molar-refractivity contribution < 1.29 is 23.9 Å². The van der Waals surface area contributed by atoms with Crippen molar-refractivity contribution in [2.75, 3.05) is 5.88 Å². The molecular formula is C31H23Cl4NO5. The number of carbonyl (C=O) groups is 4. The lowest BCUT2D eigenvalue weighted by molar-refractivity contribution is -0.160. The maximum absolute atomic E-state index is 14.1. The molecule has 0 unspecified atom stereocenters. The van der Waals surface area contributed by atoms with E-state index in [2.05, 4.69) is 0 Å². The molecule has 3 aliphatic carbocycles. The Hall–Kier alpha value is -2.90. The molecule has 2 amide bonds. The van der Waals surface area contributed by atoms with Crippen LogP contribution in [0.1, 0.15) is 46.0 Å². The SMILES string of the molecule is C[C@H](C(=O)O[C@H](CCCl)C(=O)c1ccc(Cl)cc1)N1C(=O)[C@@H]2[C@H](C1=O)C1(Cl)c3ccccc3C2(Cl)c2ccccc21. The number of alkyl halides is 3. The second-order valence-corrected chi connectivity index (χ2v) is 12.5. The van der Waals surface area contributed by atoms with Gasteiger partial charge >= 0.3 is 5.97 Å². The Balaban J connectivity index is 1.35. The number of rotatable bonds is 7. The maximum atomic E-state index is 14.1. The van der Waals surface area contributed by atoms with Gasteiger partial charge in [0.15, 0.2) is 6.10 Å². The molecule has 7 rings (SSSR count). The van der Waals surface area contributed by atoms with Gasteiger partial charge in [-0.1, -0.05) is 60.1 Å². The fourth-order valence-electron chi connectivity index (χ4n) is 6.56. The molecule has 10 heteroatoms. The van der Waals surface area contributed by atoms with Gasteiger partial charge in [-0.3, -0.25) is 19.3 Å². The molecule has 0 spiro atoms. The van der Waals surface area contributed by atoms with E-state index >= 15 is 0 Å². The largest absolute Gasteiger partial charge is 0.452 e. The molecule has 4 atom stereocenters. The molecule has 6 nitrogen and oxygen atoms in total. The highest BCUT2D eigenvalue weighted by molar-refractivity contribution is 6.36. The average molecular weight is 631 g/mol. The van der Waals surface area contributed by atoms with Crippen LogP contribution in [0.15, 0.2) is 72.8 Å². The van der Waals surface area contributed by atoms with Gasteiger partial charge in [0.2, 0.25) is 17.6 Å². The number of carbonyl (C=O) groups excluding carboxylic acids is 4. The molecule has 1 saturated heterocycles. The third-order valence-electron chi connectivity index (χ3n) is 8.40. The summed E-state index contributed by atoms with van der Waals surface area (Å²) in [5.41, 5.74) is 2.91. The van der Waals surface area contributed by atoms with Gasteiger partial charge in [0.05, 0.1) is 11.8 Å². The van der Waals surface area contributed by atoms with Gasteiger partial charge < -0.3 is 4.74 Å². The lowest BCUT2D eigenvalue weighted by Crippen LogP contribution is -2.57. The van der Waals surface area contributed by atoms with Crippen LogP contribution in [-0.2, 0) is 28.9 Å². The van der Waals surface area contributed by atoms with Gasteiger partial charge in [-0.15, -0.1) is 34.8 Å². The number of ketones is 1. The molecule has 3 aromatic carbocycles. The van der Waals surface area contributed by atoms with Gasteiger partial charge in [0, 0.05) is 22.9 Å². The van der Waals surface area contributed by atoms with Gasteiger partial charge in [-0.25, -0.2) is 4.79 Å².